The highest BCUT2D eigenvalue weighted by Gasteiger charge is 2.08. The average molecular weight is 446 g/mol. The minimum absolute atomic E-state index is 0.0673. The first-order valence-electron chi connectivity index (χ1n) is 11.2. The van der Waals surface area contributed by atoms with E-state index in [-0.39, 0.29) is 24.3 Å². The number of amides is 2. The van der Waals surface area contributed by atoms with Gasteiger partial charge < -0.3 is 20.7 Å². The summed E-state index contributed by atoms with van der Waals surface area (Å²) < 4.78 is 5.86. The molecule has 6 heteroatoms. The molecule has 0 aromatic heterocycles. The Morgan fingerprint density at radius 3 is 2.27 bits per heavy atom. The number of anilines is 3. The van der Waals surface area contributed by atoms with E-state index < -0.39 is 0 Å². The second-order valence-corrected chi connectivity index (χ2v) is 8.09. The Hall–Kier alpha value is -3.80. The Labute approximate surface area is 195 Å². The van der Waals surface area contributed by atoms with Crippen molar-refractivity contribution in [1.29, 1.82) is 0 Å². The molecule has 3 rings (SSSR count). The van der Waals surface area contributed by atoms with Gasteiger partial charge in [-0.25, -0.2) is 0 Å². The number of carbonyl (C=O) groups excluding carboxylic acids is 2. The Morgan fingerprint density at radius 1 is 0.818 bits per heavy atom. The maximum Gasteiger partial charge on any atom is 0.243 e. The van der Waals surface area contributed by atoms with E-state index in [9.17, 15) is 9.59 Å². The smallest absolute Gasteiger partial charge is 0.243 e. The van der Waals surface area contributed by atoms with Gasteiger partial charge in [0, 0.05) is 29.0 Å². The number of benzene rings is 3. The molecule has 0 radical (unpaired) electrons. The van der Waals surface area contributed by atoms with Gasteiger partial charge in [0.25, 0.3) is 0 Å². The number of rotatable bonds is 11. The lowest BCUT2D eigenvalue weighted by atomic mass is 10.1. The molecular weight excluding hydrogens is 414 g/mol. The molecule has 3 aromatic rings. The van der Waals surface area contributed by atoms with Crippen LogP contribution in [-0.4, -0.2) is 25.0 Å². The zero-order valence-electron chi connectivity index (χ0n) is 19.1. The fraction of sp³-hybridized carbons (Fsp3) is 0.259. The summed E-state index contributed by atoms with van der Waals surface area (Å²) in [4.78, 5) is 24.2. The van der Waals surface area contributed by atoms with E-state index in [2.05, 4.69) is 28.1 Å². The summed E-state index contributed by atoms with van der Waals surface area (Å²) in [5.41, 5.74) is 3.38. The van der Waals surface area contributed by atoms with Gasteiger partial charge in [-0.15, -0.1) is 0 Å². The zero-order valence-corrected chi connectivity index (χ0v) is 19.1. The molecule has 0 spiro atoms. The molecule has 6 nitrogen and oxygen atoms in total. The van der Waals surface area contributed by atoms with E-state index in [0.29, 0.717) is 18.0 Å². The third-order valence-electron chi connectivity index (χ3n) is 4.95. The van der Waals surface area contributed by atoms with Gasteiger partial charge in [-0.2, -0.15) is 0 Å². The molecule has 0 heterocycles. The molecule has 0 bridgehead atoms. The van der Waals surface area contributed by atoms with Crippen LogP contribution < -0.4 is 20.7 Å². The van der Waals surface area contributed by atoms with Crippen molar-refractivity contribution in [3.63, 3.8) is 0 Å². The Morgan fingerprint density at radius 2 is 1.52 bits per heavy atom. The van der Waals surface area contributed by atoms with Crippen LogP contribution in [0.3, 0.4) is 0 Å². The monoisotopic (exact) mass is 445 g/mol. The minimum atomic E-state index is -0.184. The minimum Gasteiger partial charge on any atom is -0.494 e. The Balaban J connectivity index is 1.43. The van der Waals surface area contributed by atoms with Gasteiger partial charge >= 0.3 is 0 Å². The molecule has 0 aliphatic heterocycles. The van der Waals surface area contributed by atoms with Crippen LogP contribution in [0.15, 0.2) is 78.9 Å². The lowest BCUT2D eigenvalue weighted by Gasteiger charge is -2.12. The molecule has 0 unspecified atom stereocenters. The molecule has 0 aliphatic rings. The maximum absolute atomic E-state index is 12.4. The topological polar surface area (TPSA) is 79.5 Å². The van der Waals surface area contributed by atoms with E-state index in [0.717, 1.165) is 24.3 Å². The summed E-state index contributed by atoms with van der Waals surface area (Å²) in [6.45, 7) is 4.40. The highest BCUT2D eigenvalue weighted by atomic mass is 16.5. The molecule has 0 aliphatic carbocycles. The molecule has 0 fully saturated rings. The van der Waals surface area contributed by atoms with Gasteiger partial charge in [0.1, 0.15) is 5.75 Å². The first kappa shape index (κ1) is 23.9. The van der Waals surface area contributed by atoms with Crippen LogP contribution in [-0.2, 0) is 16.0 Å². The van der Waals surface area contributed by atoms with Crippen molar-refractivity contribution in [2.24, 2.45) is 5.92 Å². The van der Waals surface area contributed by atoms with Crippen molar-refractivity contribution in [2.75, 3.05) is 29.1 Å². The van der Waals surface area contributed by atoms with E-state index in [1.807, 2.05) is 56.3 Å². The molecule has 33 heavy (non-hydrogen) atoms. The molecule has 0 saturated heterocycles. The van der Waals surface area contributed by atoms with E-state index in [1.54, 1.807) is 24.3 Å². The van der Waals surface area contributed by atoms with Crippen molar-refractivity contribution in [3.8, 4) is 5.75 Å². The van der Waals surface area contributed by atoms with E-state index in [4.69, 9.17) is 4.74 Å². The van der Waals surface area contributed by atoms with Gasteiger partial charge in [-0.05, 0) is 48.7 Å². The largest absolute Gasteiger partial charge is 0.494 e. The fourth-order valence-electron chi connectivity index (χ4n) is 3.16. The summed E-state index contributed by atoms with van der Waals surface area (Å²) in [6.07, 6.45) is 1.90. The lowest BCUT2D eigenvalue weighted by Crippen LogP contribution is -2.22. The second kappa shape index (κ2) is 12.3. The van der Waals surface area contributed by atoms with Gasteiger partial charge in [0.15, 0.2) is 0 Å². The number of hydrogen-bond donors (Lipinski definition) is 3. The highest BCUT2D eigenvalue weighted by molar-refractivity contribution is 5.96. The van der Waals surface area contributed by atoms with Crippen LogP contribution in [0.2, 0.25) is 0 Å². The molecule has 3 N–H and O–H groups in total. The molecule has 2 amide bonds. The predicted octanol–water partition coefficient (Wildman–Crippen LogP) is 5.34. The maximum atomic E-state index is 12.4. The van der Waals surface area contributed by atoms with Crippen LogP contribution in [0.1, 0.15) is 25.8 Å². The van der Waals surface area contributed by atoms with Crippen LogP contribution in [0.25, 0.3) is 0 Å². The van der Waals surface area contributed by atoms with Gasteiger partial charge in [-0.3, -0.25) is 9.59 Å². The van der Waals surface area contributed by atoms with Crippen LogP contribution >= 0.6 is 0 Å². The first-order chi connectivity index (χ1) is 16.0. The summed E-state index contributed by atoms with van der Waals surface area (Å²) in [5, 5.41) is 8.79. The average Bonchev–Trinajstić information content (AvgIpc) is 2.82. The van der Waals surface area contributed by atoms with Gasteiger partial charge in [0.2, 0.25) is 11.8 Å². The third kappa shape index (κ3) is 8.33. The highest BCUT2D eigenvalue weighted by Crippen LogP contribution is 2.19. The summed E-state index contributed by atoms with van der Waals surface area (Å²) in [6, 6.07) is 25.0. The van der Waals surface area contributed by atoms with Crippen molar-refractivity contribution in [3.05, 3.63) is 84.4 Å². The van der Waals surface area contributed by atoms with Crippen molar-refractivity contribution in [1.82, 2.24) is 0 Å². The second-order valence-electron chi connectivity index (χ2n) is 8.09. The van der Waals surface area contributed by atoms with Gasteiger partial charge in [-0.1, -0.05) is 56.3 Å². The SMILES string of the molecule is CC(C)C(=O)Nc1cccc(NC(=O)CNc2cccc(OCCCc3ccccc3)c2)c1. The quantitative estimate of drug-likeness (QED) is 0.348. The Bertz CT molecular complexity index is 1050. The summed E-state index contributed by atoms with van der Waals surface area (Å²) in [5.74, 6) is 0.400. The van der Waals surface area contributed by atoms with Crippen molar-refractivity contribution < 1.29 is 14.3 Å². The van der Waals surface area contributed by atoms with Crippen molar-refractivity contribution in [2.45, 2.75) is 26.7 Å². The molecule has 0 saturated carbocycles. The first-order valence-corrected chi connectivity index (χ1v) is 11.2. The summed E-state index contributed by atoms with van der Waals surface area (Å²) >= 11 is 0. The van der Waals surface area contributed by atoms with Crippen LogP contribution in [0.4, 0.5) is 17.1 Å². The third-order valence-corrected chi connectivity index (χ3v) is 4.95. The lowest BCUT2D eigenvalue weighted by molar-refractivity contribution is -0.119. The zero-order chi connectivity index (χ0) is 23.5. The van der Waals surface area contributed by atoms with Crippen molar-refractivity contribution >= 4 is 28.9 Å². The van der Waals surface area contributed by atoms with Crippen LogP contribution in [0.5, 0.6) is 5.75 Å². The summed E-state index contributed by atoms with van der Waals surface area (Å²) in [7, 11) is 0. The Kier molecular flexibility index (Phi) is 8.88. The number of hydrogen-bond acceptors (Lipinski definition) is 4. The molecular formula is C27H31N3O3. The van der Waals surface area contributed by atoms with E-state index in [1.165, 1.54) is 5.56 Å². The number of carbonyl (C=O) groups is 2. The number of ether oxygens (including phenoxy) is 1. The van der Waals surface area contributed by atoms with E-state index >= 15 is 0 Å². The number of nitrogens with one attached hydrogen (secondary N) is 3. The molecule has 3 aromatic carbocycles. The van der Waals surface area contributed by atoms with Crippen LogP contribution in [0, 0.1) is 5.92 Å². The fourth-order valence-corrected chi connectivity index (χ4v) is 3.16. The number of aryl methyl sites for hydroxylation is 1. The predicted molar refractivity (Wildman–Crippen MR) is 134 cm³/mol. The standard InChI is InChI=1S/C27H31N3O3/c1-20(2)27(32)30-24-14-6-13-23(17-24)29-26(31)19-28-22-12-7-15-25(18-22)33-16-8-11-21-9-4-3-5-10-21/h3-7,9-10,12-15,17-18,20,28H,8,11,16,19H2,1-2H3,(H,29,31)(H,30,32). The molecule has 0 atom stereocenters. The molecule has 172 valence electrons. The van der Waals surface area contributed by atoms with Gasteiger partial charge in [0.05, 0.1) is 13.2 Å². The normalized spacial score (nSPS) is 10.5.